The number of carbonyl (C=O) groups is 1. The molecule has 0 bridgehead atoms. The predicted molar refractivity (Wildman–Crippen MR) is 98.7 cm³/mol. The van der Waals surface area contributed by atoms with Gasteiger partial charge in [0.25, 0.3) is 0 Å². The zero-order valence-electron chi connectivity index (χ0n) is 14.5. The fraction of sp³-hybridized carbons (Fsp3) is 0.167. The van der Waals surface area contributed by atoms with Crippen molar-refractivity contribution in [2.24, 2.45) is 0 Å². The van der Waals surface area contributed by atoms with Crippen molar-refractivity contribution in [3.05, 3.63) is 59.3 Å². The maximum Gasteiger partial charge on any atom is 0.356 e. The van der Waals surface area contributed by atoms with E-state index in [0.29, 0.717) is 16.6 Å². The van der Waals surface area contributed by atoms with E-state index in [9.17, 15) is 4.79 Å². The summed E-state index contributed by atoms with van der Waals surface area (Å²) in [5.41, 5.74) is 2.62. The first-order valence-corrected chi connectivity index (χ1v) is 8.10. The van der Waals surface area contributed by atoms with Gasteiger partial charge in [-0.05, 0) is 31.2 Å². The van der Waals surface area contributed by atoms with E-state index < -0.39 is 5.97 Å². The van der Waals surface area contributed by atoms with Gasteiger partial charge < -0.3 is 19.4 Å². The number of benzene rings is 1. The number of esters is 1. The molecule has 1 N–H and O–H groups in total. The smallest absolute Gasteiger partial charge is 0.356 e. The van der Waals surface area contributed by atoms with Crippen LogP contribution in [0.1, 0.15) is 16.2 Å². The minimum absolute atomic E-state index is 0.125. The lowest BCUT2D eigenvalue weighted by Crippen LogP contribution is -2.06. The summed E-state index contributed by atoms with van der Waals surface area (Å²) in [4.78, 5) is 20.1. The normalized spacial score (nSPS) is 10.5. The number of aromatic nitrogens is 3. The van der Waals surface area contributed by atoms with Crippen LogP contribution in [0, 0.1) is 6.92 Å². The van der Waals surface area contributed by atoms with Crippen LogP contribution < -0.4 is 10.1 Å². The average molecular weight is 373 g/mol. The number of hydrogen-bond donors (Lipinski definition) is 1. The minimum atomic E-state index is -0.557. The van der Waals surface area contributed by atoms with Gasteiger partial charge in [-0.15, -0.1) is 0 Å². The maximum atomic E-state index is 11.7. The Hall–Kier alpha value is -3.06. The molecule has 0 radical (unpaired) electrons. The van der Waals surface area contributed by atoms with Crippen LogP contribution in [0.15, 0.2) is 42.9 Å². The topological polar surface area (TPSA) is 78.3 Å². The fourth-order valence-electron chi connectivity index (χ4n) is 2.44. The summed E-state index contributed by atoms with van der Waals surface area (Å²) in [5, 5.41) is 3.49. The zero-order valence-corrected chi connectivity index (χ0v) is 15.2. The summed E-state index contributed by atoms with van der Waals surface area (Å²) in [6, 6.07) is 8.66. The number of ether oxygens (including phenoxy) is 2. The van der Waals surface area contributed by atoms with Crippen LogP contribution in [-0.2, 0) is 4.74 Å². The SMILES string of the molecule is COC(=O)c1cc(Cl)cc(Nc2ccc(-n3cnc(C)c3)c(OC)c2)n1. The fourth-order valence-corrected chi connectivity index (χ4v) is 2.65. The molecule has 0 aliphatic heterocycles. The van der Waals surface area contributed by atoms with Gasteiger partial charge in [-0.1, -0.05) is 11.6 Å². The molecule has 0 aliphatic carbocycles. The van der Waals surface area contributed by atoms with Crippen LogP contribution >= 0.6 is 11.6 Å². The molecule has 0 spiro atoms. The minimum Gasteiger partial charge on any atom is -0.494 e. The molecule has 26 heavy (non-hydrogen) atoms. The number of pyridine rings is 1. The predicted octanol–water partition coefficient (Wildman–Crippen LogP) is 3.77. The third-order valence-electron chi connectivity index (χ3n) is 3.63. The number of nitrogens with one attached hydrogen (secondary N) is 1. The first-order chi connectivity index (χ1) is 12.5. The number of anilines is 2. The Labute approximate surface area is 155 Å². The van der Waals surface area contributed by atoms with Crippen LogP contribution in [-0.4, -0.2) is 34.7 Å². The van der Waals surface area contributed by atoms with Gasteiger partial charge in [-0.2, -0.15) is 0 Å². The third-order valence-corrected chi connectivity index (χ3v) is 3.84. The van der Waals surface area contributed by atoms with Crippen molar-refractivity contribution in [3.8, 4) is 11.4 Å². The van der Waals surface area contributed by atoms with Crippen LogP contribution in [0.25, 0.3) is 5.69 Å². The van der Waals surface area contributed by atoms with Crippen LogP contribution in [0.3, 0.4) is 0 Å². The van der Waals surface area contributed by atoms with Crippen molar-refractivity contribution in [3.63, 3.8) is 0 Å². The highest BCUT2D eigenvalue weighted by Crippen LogP contribution is 2.29. The van der Waals surface area contributed by atoms with Gasteiger partial charge >= 0.3 is 5.97 Å². The number of aryl methyl sites for hydroxylation is 1. The maximum absolute atomic E-state index is 11.7. The van der Waals surface area contributed by atoms with Gasteiger partial charge in [-0.25, -0.2) is 14.8 Å². The molecule has 0 unspecified atom stereocenters. The summed E-state index contributed by atoms with van der Waals surface area (Å²) >= 11 is 6.06. The first-order valence-electron chi connectivity index (χ1n) is 7.72. The molecule has 134 valence electrons. The first kappa shape index (κ1) is 17.8. The summed E-state index contributed by atoms with van der Waals surface area (Å²) < 4.78 is 12.0. The van der Waals surface area contributed by atoms with Crippen molar-refractivity contribution in [2.75, 3.05) is 19.5 Å². The van der Waals surface area contributed by atoms with Crippen molar-refractivity contribution >= 4 is 29.1 Å². The average Bonchev–Trinajstić information content (AvgIpc) is 3.06. The molecule has 0 atom stereocenters. The highest BCUT2D eigenvalue weighted by molar-refractivity contribution is 6.31. The van der Waals surface area contributed by atoms with Crippen molar-refractivity contribution in [1.29, 1.82) is 0 Å². The second-order valence-corrected chi connectivity index (χ2v) is 5.92. The van der Waals surface area contributed by atoms with Crippen LogP contribution in [0.5, 0.6) is 5.75 Å². The number of nitrogens with zero attached hydrogens (tertiary/aromatic N) is 3. The highest BCUT2D eigenvalue weighted by Gasteiger charge is 2.12. The highest BCUT2D eigenvalue weighted by atomic mass is 35.5. The van der Waals surface area contributed by atoms with Crippen molar-refractivity contribution < 1.29 is 14.3 Å². The number of carbonyl (C=O) groups excluding carboxylic acids is 1. The van der Waals surface area contributed by atoms with E-state index in [1.165, 1.54) is 13.2 Å². The van der Waals surface area contributed by atoms with Gasteiger partial charge in [0.05, 0.1) is 31.9 Å². The second kappa shape index (κ2) is 7.45. The molecular weight excluding hydrogens is 356 g/mol. The van der Waals surface area contributed by atoms with E-state index in [2.05, 4.69) is 20.0 Å². The molecule has 0 saturated carbocycles. The Morgan fingerprint density at radius 3 is 2.69 bits per heavy atom. The molecule has 2 aromatic heterocycles. The molecule has 7 nitrogen and oxygen atoms in total. The Morgan fingerprint density at radius 1 is 1.23 bits per heavy atom. The molecule has 0 aliphatic rings. The third kappa shape index (κ3) is 3.78. The number of hydrogen-bond acceptors (Lipinski definition) is 6. The van der Waals surface area contributed by atoms with Gasteiger partial charge in [-0.3, -0.25) is 0 Å². The van der Waals surface area contributed by atoms with E-state index in [-0.39, 0.29) is 5.69 Å². The summed E-state index contributed by atoms with van der Waals surface area (Å²) in [6.45, 7) is 1.92. The summed E-state index contributed by atoms with van der Waals surface area (Å²) in [6.07, 6.45) is 3.63. The van der Waals surface area contributed by atoms with E-state index in [0.717, 1.165) is 17.1 Å². The van der Waals surface area contributed by atoms with E-state index in [4.69, 9.17) is 16.3 Å². The molecule has 0 fully saturated rings. The van der Waals surface area contributed by atoms with Crippen LogP contribution in [0.4, 0.5) is 11.5 Å². The Balaban J connectivity index is 1.91. The van der Waals surface area contributed by atoms with Crippen LogP contribution in [0.2, 0.25) is 5.02 Å². The largest absolute Gasteiger partial charge is 0.494 e. The Bertz CT molecular complexity index is 955. The lowest BCUT2D eigenvalue weighted by Gasteiger charge is -2.13. The van der Waals surface area contributed by atoms with E-state index >= 15 is 0 Å². The number of halogens is 1. The monoisotopic (exact) mass is 372 g/mol. The molecular formula is C18H17ClN4O3. The lowest BCUT2D eigenvalue weighted by atomic mass is 10.2. The van der Waals surface area contributed by atoms with Crippen molar-refractivity contribution in [1.82, 2.24) is 14.5 Å². The van der Waals surface area contributed by atoms with Crippen molar-refractivity contribution in [2.45, 2.75) is 6.92 Å². The summed E-state index contributed by atoms with van der Waals surface area (Å²) in [7, 11) is 2.89. The van der Waals surface area contributed by atoms with E-state index in [1.54, 1.807) is 19.5 Å². The van der Waals surface area contributed by atoms with Gasteiger partial charge in [0.2, 0.25) is 0 Å². The molecule has 0 amide bonds. The number of imidazole rings is 1. The standard InChI is InChI=1S/C18H17ClN4O3/c1-11-9-23(10-20-11)15-5-4-13(8-16(15)25-2)21-17-7-12(19)6-14(22-17)18(24)26-3/h4-10H,1-3H3,(H,21,22). The molecule has 3 rings (SSSR count). The molecule has 1 aromatic carbocycles. The second-order valence-electron chi connectivity index (χ2n) is 5.48. The molecule has 8 heteroatoms. The van der Waals surface area contributed by atoms with Gasteiger partial charge in [0, 0.05) is 23.0 Å². The Kier molecular flexibility index (Phi) is 5.09. The number of methoxy groups -OCH3 is 2. The summed E-state index contributed by atoms with van der Waals surface area (Å²) in [5.74, 6) is 0.521. The molecule has 3 aromatic rings. The number of rotatable bonds is 5. The van der Waals surface area contributed by atoms with Gasteiger partial charge in [0.15, 0.2) is 5.69 Å². The Morgan fingerprint density at radius 2 is 2.04 bits per heavy atom. The zero-order chi connectivity index (χ0) is 18.7. The molecule has 0 saturated heterocycles. The van der Waals surface area contributed by atoms with Gasteiger partial charge in [0.1, 0.15) is 11.6 Å². The van der Waals surface area contributed by atoms with E-state index in [1.807, 2.05) is 35.9 Å². The molecule has 2 heterocycles. The quantitative estimate of drug-likeness (QED) is 0.687. The lowest BCUT2D eigenvalue weighted by molar-refractivity contribution is 0.0594.